The van der Waals surface area contributed by atoms with E-state index in [1.54, 1.807) is 13.8 Å². The summed E-state index contributed by atoms with van der Waals surface area (Å²) in [5.74, 6) is -0.430. The van der Waals surface area contributed by atoms with E-state index in [2.05, 4.69) is 5.32 Å². The van der Waals surface area contributed by atoms with Crippen LogP contribution in [0.5, 0.6) is 0 Å². The molecule has 0 amide bonds. The van der Waals surface area contributed by atoms with Gasteiger partial charge in [0, 0.05) is 6.92 Å². The number of halogens is 3. The zero-order valence-corrected chi connectivity index (χ0v) is 11.5. The van der Waals surface area contributed by atoms with Gasteiger partial charge in [-0.1, -0.05) is 0 Å². The van der Waals surface area contributed by atoms with Gasteiger partial charge in [-0.25, -0.2) is 0 Å². The van der Waals surface area contributed by atoms with Crippen molar-refractivity contribution in [3.8, 4) is 0 Å². The Morgan fingerprint density at radius 1 is 1.35 bits per heavy atom. The molecule has 0 aromatic heterocycles. The van der Waals surface area contributed by atoms with E-state index in [0.717, 1.165) is 12.1 Å². The summed E-state index contributed by atoms with van der Waals surface area (Å²) in [4.78, 5) is 10.8. The third-order valence-electron chi connectivity index (χ3n) is 2.49. The number of nitrogens with one attached hydrogen (secondary N) is 1. The molecule has 0 radical (unpaired) electrons. The van der Waals surface area contributed by atoms with E-state index in [4.69, 9.17) is 10.5 Å². The minimum absolute atomic E-state index is 0.0178. The predicted molar refractivity (Wildman–Crippen MR) is 70.2 cm³/mol. The van der Waals surface area contributed by atoms with Crippen molar-refractivity contribution < 1.29 is 22.7 Å². The number of alkyl halides is 3. The topological polar surface area (TPSA) is 64.3 Å². The maximum atomic E-state index is 12.5. The molecule has 1 aromatic carbocycles. The molecular weight excluding hydrogens is 273 g/mol. The first-order valence-electron chi connectivity index (χ1n) is 5.89. The van der Waals surface area contributed by atoms with Crippen LogP contribution in [0.1, 0.15) is 26.3 Å². The molecule has 0 spiro atoms. The number of rotatable bonds is 4. The van der Waals surface area contributed by atoms with Crippen LogP contribution in [0.2, 0.25) is 0 Å². The molecule has 1 aromatic rings. The largest absolute Gasteiger partial charge is 0.463 e. The van der Waals surface area contributed by atoms with Crippen molar-refractivity contribution >= 4 is 17.3 Å². The van der Waals surface area contributed by atoms with Crippen LogP contribution in [0.4, 0.5) is 24.5 Å². The number of ether oxygens (including phenoxy) is 1. The molecule has 7 heteroatoms. The third kappa shape index (κ3) is 4.64. The van der Waals surface area contributed by atoms with Crippen LogP contribution >= 0.6 is 0 Å². The maximum absolute atomic E-state index is 12.5. The highest BCUT2D eigenvalue weighted by molar-refractivity contribution is 5.68. The summed E-state index contributed by atoms with van der Waals surface area (Å²) in [6, 6.07) is 3.07. The number of anilines is 2. The Labute approximate surface area is 115 Å². The maximum Gasteiger partial charge on any atom is 0.416 e. The lowest BCUT2D eigenvalue weighted by molar-refractivity contribution is -0.142. The van der Waals surface area contributed by atoms with Gasteiger partial charge in [-0.2, -0.15) is 13.2 Å². The molecule has 0 heterocycles. The number of hydrogen-bond acceptors (Lipinski definition) is 4. The molecule has 0 aliphatic carbocycles. The fraction of sp³-hybridized carbons (Fsp3) is 0.462. The highest BCUT2D eigenvalue weighted by Crippen LogP contribution is 2.33. The molecule has 0 saturated heterocycles. The van der Waals surface area contributed by atoms with E-state index < -0.39 is 23.2 Å². The van der Waals surface area contributed by atoms with Gasteiger partial charge in [0.15, 0.2) is 0 Å². The van der Waals surface area contributed by atoms with E-state index in [1.165, 1.54) is 13.0 Å². The number of hydrogen-bond donors (Lipinski definition) is 2. The first kappa shape index (κ1) is 16.1. The number of carbonyl (C=O) groups is 1. The Hall–Kier alpha value is -1.92. The lowest BCUT2D eigenvalue weighted by Gasteiger charge is -2.27. The Kier molecular flexibility index (Phi) is 4.52. The van der Waals surface area contributed by atoms with E-state index in [1.807, 2.05) is 0 Å². The lowest BCUT2D eigenvalue weighted by Crippen LogP contribution is -2.37. The van der Waals surface area contributed by atoms with Crippen molar-refractivity contribution in [3.63, 3.8) is 0 Å². The van der Waals surface area contributed by atoms with Crippen LogP contribution in [0.15, 0.2) is 18.2 Å². The number of nitrogen functional groups attached to an aromatic ring is 1. The summed E-state index contributed by atoms with van der Waals surface area (Å²) in [5.41, 5.74) is 4.49. The fourth-order valence-corrected chi connectivity index (χ4v) is 1.54. The summed E-state index contributed by atoms with van der Waals surface area (Å²) in [7, 11) is 0. The van der Waals surface area contributed by atoms with Crippen LogP contribution in [-0.2, 0) is 15.7 Å². The minimum Gasteiger partial charge on any atom is -0.463 e. The molecular formula is C13H17F3N2O2. The molecule has 0 saturated carbocycles. The number of esters is 1. The van der Waals surface area contributed by atoms with E-state index in [-0.39, 0.29) is 12.3 Å². The van der Waals surface area contributed by atoms with Crippen molar-refractivity contribution in [2.24, 2.45) is 0 Å². The van der Waals surface area contributed by atoms with Gasteiger partial charge < -0.3 is 15.8 Å². The second kappa shape index (κ2) is 5.60. The molecule has 4 nitrogen and oxygen atoms in total. The molecule has 3 N–H and O–H groups in total. The molecule has 0 aliphatic heterocycles. The first-order chi connectivity index (χ1) is 9.01. The lowest BCUT2D eigenvalue weighted by atomic mass is 10.1. The number of carbonyl (C=O) groups excluding carboxylic acids is 1. The van der Waals surface area contributed by atoms with Gasteiger partial charge in [0.25, 0.3) is 0 Å². The molecule has 0 atom stereocenters. The average Bonchev–Trinajstić information content (AvgIpc) is 2.28. The monoisotopic (exact) mass is 290 g/mol. The zero-order valence-electron chi connectivity index (χ0n) is 11.5. The summed E-state index contributed by atoms with van der Waals surface area (Å²) < 4.78 is 42.4. The quantitative estimate of drug-likeness (QED) is 0.661. The Balaban J connectivity index is 2.85. The molecule has 0 bridgehead atoms. The predicted octanol–water partition coefficient (Wildman–Crippen LogP) is 3.04. The third-order valence-corrected chi connectivity index (χ3v) is 2.49. The van der Waals surface area contributed by atoms with E-state index >= 15 is 0 Å². The Morgan fingerprint density at radius 3 is 2.40 bits per heavy atom. The highest BCUT2D eigenvalue weighted by atomic mass is 19.4. The Bertz CT molecular complexity index is 499. The van der Waals surface area contributed by atoms with Crippen molar-refractivity contribution in [1.82, 2.24) is 0 Å². The van der Waals surface area contributed by atoms with Crippen LogP contribution in [-0.4, -0.2) is 18.1 Å². The summed E-state index contributed by atoms with van der Waals surface area (Å²) in [6.45, 7) is 4.84. The molecule has 0 unspecified atom stereocenters. The molecule has 0 aliphatic rings. The van der Waals surface area contributed by atoms with Crippen LogP contribution in [0.3, 0.4) is 0 Å². The SMILES string of the molecule is CC(=O)OCC(C)(C)Nc1ccc(C(F)(F)F)cc1N. The summed E-state index contributed by atoms with van der Waals surface area (Å²) in [6.07, 6.45) is -4.43. The van der Waals surface area contributed by atoms with Crippen molar-refractivity contribution in [3.05, 3.63) is 23.8 Å². The van der Waals surface area contributed by atoms with Gasteiger partial charge in [0.05, 0.1) is 22.5 Å². The van der Waals surface area contributed by atoms with Gasteiger partial charge in [0.2, 0.25) is 0 Å². The van der Waals surface area contributed by atoms with Crippen LogP contribution < -0.4 is 11.1 Å². The molecule has 1 rings (SSSR count). The van der Waals surface area contributed by atoms with E-state index in [0.29, 0.717) is 5.69 Å². The first-order valence-corrected chi connectivity index (χ1v) is 5.89. The number of benzene rings is 1. The smallest absolute Gasteiger partial charge is 0.416 e. The number of nitrogens with two attached hydrogens (primary N) is 1. The van der Waals surface area contributed by atoms with Gasteiger partial charge in [-0.3, -0.25) is 4.79 Å². The fourth-order valence-electron chi connectivity index (χ4n) is 1.54. The molecule has 20 heavy (non-hydrogen) atoms. The van der Waals surface area contributed by atoms with Gasteiger partial charge in [0.1, 0.15) is 6.61 Å². The second-order valence-corrected chi connectivity index (χ2v) is 5.09. The van der Waals surface area contributed by atoms with Crippen LogP contribution in [0, 0.1) is 0 Å². The average molecular weight is 290 g/mol. The standard InChI is InChI=1S/C13H17F3N2O2/c1-8(19)20-7-12(2,3)18-11-5-4-9(6-10(11)17)13(14,15)16/h4-6,18H,7,17H2,1-3H3. The van der Waals surface area contributed by atoms with Crippen molar-refractivity contribution in [2.75, 3.05) is 17.7 Å². The minimum atomic E-state index is -4.43. The van der Waals surface area contributed by atoms with Gasteiger partial charge >= 0.3 is 12.1 Å². The molecule has 0 fully saturated rings. The zero-order chi connectivity index (χ0) is 15.6. The normalized spacial score (nSPS) is 12.1. The van der Waals surface area contributed by atoms with Gasteiger partial charge in [-0.15, -0.1) is 0 Å². The molecule has 112 valence electrons. The van der Waals surface area contributed by atoms with Crippen molar-refractivity contribution in [2.45, 2.75) is 32.5 Å². The van der Waals surface area contributed by atoms with E-state index in [9.17, 15) is 18.0 Å². The summed E-state index contributed by atoms with van der Waals surface area (Å²) in [5, 5.41) is 2.95. The summed E-state index contributed by atoms with van der Waals surface area (Å²) >= 11 is 0. The van der Waals surface area contributed by atoms with Crippen molar-refractivity contribution in [1.29, 1.82) is 0 Å². The van der Waals surface area contributed by atoms with Gasteiger partial charge in [-0.05, 0) is 32.0 Å². The Morgan fingerprint density at radius 2 is 1.95 bits per heavy atom. The van der Waals surface area contributed by atoms with Crippen LogP contribution in [0.25, 0.3) is 0 Å². The highest BCUT2D eigenvalue weighted by Gasteiger charge is 2.31. The second-order valence-electron chi connectivity index (χ2n) is 5.09.